The molecule has 1 aromatic carbocycles. The van der Waals surface area contributed by atoms with Crippen LogP contribution in [0.2, 0.25) is 5.02 Å². The van der Waals surface area contributed by atoms with E-state index in [0.717, 1.165) is 5.56 Å². The van der Waals surface area contributed by atoms with E-state index in [1.54, 1.807) is 25.6 Å². The van der Waals surface area contributed by atoms with Crippen LogP contribution >= 0.6 is 11.6 Å². The number of hydrogen-bond donors (Lipinski definition) is 3. The molecule has 0 fully saturated rings. The number of halogens is 1. The van der Waals surface area contributed by atoms with E-state index in [0.29, 0.717) is 41.5 Å². The largest absolute Gasteiger partial charge is 0.461 e. The van der Waals surface area contributed by atoms with E-state index in [-0.39, 0.29) is 6.04 Å². The van der Waals surface area contributed by atoms with Gasteiger partial charge in [-0.25, -0.2) is 4.98 Å². The van der Waals surface area contributed by atoms with Gasteiger partial charge in [0.2, 0.25) is 5.82 Å². The topological polar surface area (TPSA) is 109 Å². The molecule has 0 saturated heterocycles. The van der Waals surface area contributed by atoms with Gasteiger partial charge in [-0.05, 0) is 35.9 Å². The van der Waals surface area contributed by atoms with E-state index in [9.17, 15) is 0 Å². The zero-order valence-corrected chi connectivity index (χ0v) is 17.0. The van der Waals surface area contributed by atoms with Crippen molar-refractivity contribution in [3.63, 3.8) is 0 Å². The van der Waals surface area contributed by atoms with Crippen LogP contribution in [0.15, 0.2) is 70.5 Å². The van der Waals surface area contributed by atoms with Gasteiger partial charge >= 0.3 is 0 Å². The summed E-state index contributed by atoms with van der Waals surface area (Å²) in [6, 6.07) is 13.2. The fraction of sp³-hybridized carbons (Fsp3) is 0.200. The average Bonchev–Trinajstić information content (AvgIpc) is 3.54. The Morgan fingerprint density at radius 2 is 2.10 bits per heavy atom. The van der Waals surface area contributed by atoms with E-state index in [1.165, 1.54) is 0 Å². The molecule has 0 spiro atoms. The number of H-pyrrole nitrogens is 1. The molecule has 0 saturated carbocycles. The van der Waals surface area contributed by atoms with Crippen molar-refractivity contribution in [1.82, 2.24) is 35.6 Å². The van der Waals surface area contributed by atoms with Gasteiger partial charge in [-0.2, -0.15) is 5.10 Å². The predicted octanol–water partition coefficient (Wildman–Crippen LogP) is 2.87. The number of benzene rings is 1. The van der Waals surface area contributed by atoms with Crippen LogP contribution in [0.25, 0.3) is 11.6 Å². The van der Waals surface area contributed by atoms with Crippen LogP contribution in [-0.2, 0) is 6.54 Å². The molecular formula is C20H21ClN8O. The molecule has 0 aliphatic heterocycles. The molecule has 30 heavy (non-hydrogen) atoms. The smallest absolute Gasteiger partial charge is 0.216 e. The normalized spacial score (nSPS) is 12.7. The fourth-order valence-electron chi connectivity index (χ4n) is 2.99. The second-order valence-corrected chi connectivity index (χ2v) is 6.88. The first-order valence-corrected chi connectivity index (χ1v) is 9.75. The highest BCUT2D eigenvalue weighted by Crippen LogP contribution is 2.19. The molecule has 3 N–H and O–H groups in total. The Hall–Kier alpha value is -3.59. The van der Waals surface area contributed by atoms with E-state index >= 15 is 0 Å². The van der Waals surface area contributed by atoms with E-state index in [1.807, 2.05) is 47.3 Å². The Balaban J connectivity index is 1.38. The number of furan rings is 1. The van der Waals surface area contributed by atoms with Crippen molar-refractivity contribution in [2.24, 2.45) is 4.99 Å². The molecule has 1 unspecified atom stereocenters. The highest BCUT2D eigenvalue weighted by Gasteiger charge is 2.15. The first-order chi connectivity index (χ1) is 14.7. The summed E-state index contributed by atoms with van der Waals surface area (Å²) in [4.78, 5) is 8.70. The second kappa shape index (κ2) is 9.27. The molecule has 10 heteroatoms. The Bertz CT molecular complexity index is 1070. The van der Waals surface area contributed by atoms with Crippen LogP contribution in [0.5, 0.6) is 0 Å². The van der Waals surface area contributed by atoms with Gasteiger partial charge in [0, 0.05) is 31.0 Å². The molecule has 154 valence electrons. The second-order valence-electron chi connectivity index (χ2n) is 6.44. The minimum absolute atomic E-state index is 0.0216. The van der Waals surface area contributed by atoms with Gasteiger partial charge in [-0.15, -0.1) is 5.10 Å². The number of aromatic nitrogens is 5. The summed E-state index contributed by atoms with van der Waals surface area (Å²) >= 11 is 6.04. The van der Waals surface area contributed by atoms with Gasteiger partial charge in [-0.3, -0.25) is 14.8 Å². The lowest BCUT2D eigenvalue weighted by atomic mass is 10.1. The van der Waals surface area contributed by atoms with Gasteiger partial charge in [0.05, 0.1) is 18.8 Å². The van der Waals surface area contributed by atoms with Gasteiger partial charge in [0.1, 0.15) is 5.82 Å². The quantitative estimate of drug-likeness (QED) is 0.311. The van der Waals surface area contributed by atoms with Gasteiger partial charge in [0.25, 0.3) is 0 Å². The molecule has 1 atom stereocenters. The first-order valence-electron chi connectivity index (χ1n) is 9.37. The Kier molecular flexibility index (Phi) is 6.09. The number of guanidine groups is 1. The molecular weight excluding hydrogens is 404 g/mol. The minimum Gasteiger partial charge on any atom is -0.461 e. The molecule has 0 aliphatic rings. The predicted molar refractivity (Wildman–Crippen MR) is 114 cm³/mol. The van der Waals surface area contributed by atoms with Crippen molar-refractivity contribution in [2.45, 2.75) is 12.6 Å². The van der Waals surface area contributed by atoms with Gasteiger partial charge in [0.15, 0.2) is 11.7 Å². The molecule has 0 radical (unpaired) electrons. The highest BCUT2D eigenvalue weighted by molar-refractivity contribution is 6.30. The number of nitrogens with one attached hydrogen (secondary N) is 3. The number of aromatic amines is 1. The Labute approximate surface area is 178 Å². The third kappa shape index (κ3) is 4.69. The molecule has 0 amide bonds. The third-order valence-electron chi connectivity index (χ3n) is 4.48. The van der Waals surface area contributed by atoms with Crippen molar-refractivity contribution in [3.05, 3.63) is 77.5 Å². The first kappa shape index (κ1) is 19.7. The maximum atomic E-state index is 6.04. The maximum Gasteiger partial charge on any atom is 0.216 e. The Morgan fingerprint density at radius 1 is 1.23 bits per heavy atom. The summed E-state index contributed by atoms with van der Waals surface area (Å²) < 4.78 is 7.21. The molecule has 4 aromatic rings. The lowest BCUT2D eigenvalue weighted by Gasteiger charge is -2.20. The third-order valence-corrected chi connectivity index (χ3v) is 4.73. The zero-order chi connectivity index (χ0) is 20.8. The zero-order valence-electron chi connectivity index (χ0n) is 16.3. The van der Waals surface area contributed by atoms with Crippen LogP contribution in [0, 0.1) is 0 Å². The lowest BCUT2D eigenvalue weighted by molar-refractivity contribution is 0.510. The van der Waals surface area contributed by atoms with Crippen molar-refractivity contribution in [2.75, 3.05) is 13.6 Å². The number of hydrogen-bond acceptors (Lipinski definition) is 5. The highest BCUT2D eigenvalue weighted by atomic mass is 35.5. The summed E-state index contributed by atoms with van der Waals surface area (Å²) in [6.07, 6.45) is 5.28. The molecule has 4 rings (SSSR count). The fourth-order valence-corrected chi connectivity index (χ4v) is 3.11. The number of nitrogens with zero attached hydrogens (tertiary/aromatic N) is 5. The molecule has 3 aromatic heterocycles. The summed E-state index contributed by atoms with van der Waals surface area (Å²) in [5, 5.41) is 18.7. The maximum absolute atomic E-state index is 6.04. The summed E-state index contributed by atoms with van der Waals surface area (Å²) in [5.74, 6) is 2.44. The van der Waals surface area contributed by atoms with E-state index in [4.69, 9.17) is 16.0 Å². The van der Waals surface area contributed by atoms with Crippen LogP contribution < -0.4 is 10.6 Å². The summed E-state index contributed by atoms with van der Waals surface area (Å²) in [6.45, 7) is 1.01. The van der Waals surface area contributed by atoms with E-state index < -0.39 is 0 Å². The van der Waals surface area contributed by atoms with Gasteiger partial charge < -0.3 is 15.1 Å². The molecule has 0 aliphatic carbocycles. The van der Waals surface area contributed by atoms with Crippen molar-refractivity contribution < 1.29 is 4.42 Å². The van der Waals surface area contributed by atoms with Crippen LogP contribution in [0.1, 0.15) is 17.4 Å². The standard InChI is InChI=1S/C20H21ClN8O/c1-22-20(24-13-18-26-19(28-27-18)17-4-2-11-30-17)23-12-16(29-10-3-9-25-29)14-5-7-15(21)8-6-14/h2-11,16H,12-13H2,1H3,(H2,22,23,24)(H,26,27,28). The lowest BCUT2D eigenvalue weighted by Crippen LogP contribution is -2.40. The van der Waals surface area contributed by atoms with Gasteiger partial charge in [-0.1, -0.05) is 23.7 Å². The molecule has 9 nitrogen and oxygen atoms in total. The number of rotatable bonds is 7. The SMILES string of the molecule is CN=C(NCc1nc(-c2ccco2)n[nH]1)NCC(c1ccc(Cl)cc1)n1cccn1. The van der Waals surface area contributed by atoms with Crippen LogP contribution in [0.3, 0.4) is 0 Å². The number of aliphatic imine (C=N–C) groups is 1. The van der Waals surface area contributed by atoms with Crippen molar-refractivity contribution in [1.29, 1.82) is 0 Å². The van der Waals surface area contributed by atoms with Crippen molar-refractivity contribution in [3.8, 4) is 11.6 Å². The van der Waals surface area contributed by atoms with E-state index in [2.05, 4.69) is 35.9 Å². The molecule has 0 bridgehead atoms. The molecule has 3 heterocycles. The Morgan fingerprint density at radius 3 is 2.80 bits per heavy atom. The van der Waals surface area contributed by atoms with Crippen molar-refractivity contribution >= 4 is 17.6 Å². The minimum atomic E-state index is -0.0216. The monoisotopic (exact) mass is 424 g/mol. The van der Waals surface area contributed by atoms with Crippen LogP contribution in [0.4, 0.5) is 0 Å². The summed E-state index contributed by atoms with van der Waals surface area (Å²) in [5.41, 5.74) is 1.09. The van der Waals surface area contributed by atoms with Crippen LogP contribution in [-0.4, -0.2) is 44.5 Å². The summed E-state index contributed by atoms with van der Waals surface area (Å²) in [7, 11) is 1.72. The average molecular weight is 425 g/mol.